The van der Waals surface area contributed by atoms with Crippen LogP contribution in [0.25, 0.3) is 10.9 Å². The summed E-state index contributed by atoms with van der Waals surface area (Å²) < 4.78 is 76.4. The highest BCUT2D eigenvalue weighted by molar-refractivity contribution is 6.05. The Morgan fingerprint density at radius 1 is 0.972 bits per heavy atom. The predicted octanol–water partition coefficient (Wildman–Crippen LogP) is 6.29. The number of hydrogen-bond donors (Lipinski definition) is 3. The van der Waals surface area contributed by atoms with E-state index in [9.17, 15) is 26.7 Å². The molecule has 36 heavy (non-hydrogen) atoms. The van der Waals surface area contributed by atoms with Crippen LogP contribution in [0, 0.1) is 0 Å². The summed E-state index contributed by atoms with van der Waals surface area (Å²) >= 11 is 0. The Balaban J connectivity index is 1.44. The number of ether oxygens (including phenoxy) is 3. The van der Waals surface area contributed by atoms with Crippen molar-refractivity contribution in [2.75, 3.05) is 10.6 Å². The molecule has 0 radical (unpaired) electrons. The van der Waals surface area contributed by atoms with Crippen molar-refractivity contribution in [2.45, 2.75) is 19.6 Å². The highest BCUT2D eigenvalue weighted by atomic mass is 19.4. The number of fused-ring (bicyclic) bond motifs is 1. The van der Waals surface area contributed by atoms with Crippen LogP contribution in [-0.4, -0.2) is 29.2 Å². The molecule has 0 aliphatic carbocycles. The molecule has 2 amide bonds. The number of halogens is 5. The quantitative estimate of drug-likeness (QED) is 0.243. The minimum absolute atomic E-state index is 0.0240. The first-order valence-electron chi connectivity index (χ1n) is 10.2. The Hall–Kier alpha value is -4.55. The third-order valence-electron chi connectivity index (χ3n) is 4.66. The molecular formula is C23H17F5N4O4. The molecule has 8 nitrogen and oxygen atoms in total. The molecule has 13 heteroatoms. The van der Waals surface area contributed by atoms with Crippen LogP contribution in [0.4, 0.5) is 38.3 Å². The lowest BCUT2D eigenvalue weighted by molar-refractivity contribution is -0.274. The average Bonchev–Trinajstić information content (AvgIpc) is 3.19. The van der Waals surface area contributed by atoms with Gasteiger partial charge in [0.25, 0.3) is 0 Å². The lowest BCUT2D eigenvalue weighted by Gasteiger charge is -2.12. The van der Waals surface area contributed by atoms with Gasteiger partial charge in [-0.3, -0.25) is 10.4 Å². The molecule has 0 unspecified atom stereocenters. The van der Waals surface area contributed by atoms with E-state index in [1.54, 1.807) is 24.3 Å². The van der Waals surface area contributed by atoms with Crippen LogP contribution in [0.1, 0.15) is 5.56 Å². The standard InChI is InChI=1S/C23H17F5N4O4/c24-21(25)35-19-7-2-1-6-18(19)29-22(33)30-20-16-11-14(8-9-17(16)31-32-20)34-12-13-4-3-5-15(10-13)36-23(26,27)28/h1-11,21H,12H2,(H3,29,30,31,32,33). The molecule has 0 aliphatic rings. The number of H-pyrrole nitrogens is 1. The van der Waals surface area contributed by atoms with Crippen molar-refractivity contribution in [1.29, 1.82) is 0 Å². The maximum atomic E-state index is 12.6. The van der Waals surface area contributed by atoms with Crippen molar-refractivity contribution in [3.05, 3.63) is 72.3 Å². The molecule has 0 bridgehead atoms. The number of anilines is 2. The molecule has 3 N–H and O–H groups in total. The van der Waals surface area contributed by atoms with Crippen molar-refractivity contribution in [3.8, 4) is 17.2 Å². The van der Waals surface area contributed by atoms with Gasteiger partial charge in [0, 0.05) is 5.39 Å². The van der Waals surface area contributed by atoms with Gasteiger partial charge in [-0.2, -0.15) is 13.9 Å². The van der Waals surface area contributed by atoms with Gasteiger partial charge in [0.05, 0.1) is 11.2 Å². The monoisotopic (exact) mass is 508 g/mol. The largest absolute Gasteiger partial charge is 0.573 e. The summed E-state index contributed by atoms with van der Waals surface area (Å²) in [4.78, 5) is 12.4. The molecule has 4 rings (SSSR count). The number of hydrogen-bond acceptors (Lipinski definition) is 5. The van der Waals surface area contributed by atoms with Crippen LogP contribution in [0.2, 0.25) is 0 Å². The second kappa shape index (κ2) is 10.4. The normalized spacial score (nSPS) is 11.4. The zero-order valence-corrected chi connectivity index (χ0v) is 18.1. The maximum Gasteiger partial charge on any atom is 0.573 e. The molecular weight excluding hydrogens is 491 g/mol. The van der Waals surface area contributed by atoms with E-state index in [0.29, 0.717) is 22.2 Å². The molecule has 0 saturated carbocycles. The van der Waals surface area contributed by atoms with Crippen molar-refractivity contribution in [1.82, 2.24) is 10.2 Å². The number of alkyl halides is 5. The van der Waals surface area contributed by atoms with Gasteiger partial charge in [-0.15, -0.1) is 13.2 Å². The van der Waals surface area contributed by atoms with Crippen LogP contribution in [0.15, 0.2) is 66.7 Å². The Kier molecular flexibility index (Phi) is 7.08. The summed E-state index contributed by atoms with van der Waals surface area (Å²) in [6.45, 7) is -3.12. The molecule has 0 aliphatic heterocycles. The number of carbonyl (C=O) groups excluding carboxylic acids is 1. The Labute approximate surface area is 200 Å². The molecule has 0 fully saturated rings. The second-order valence-electron chi connectivity index (χ2n) is 7.22. The topological polar surface area (TPSA) is 97.5 Å². The number of nitrogens with one attached hydrogen (secondary N) is 3. The number of amides is 2. The number of nitrogens with zero attached hydrogens (tertiary/aromatic N) is 1. The van der Waals surface area contributed by atoms with Gasteiger partial charge < -0.3 is 19.5 Å². The van der Waals surface area contributed by atoms with Gasteiger partial charge in [0.1, 0.15) is 23.9 Å². The smallest absolute Gasteiger partial charge is 0.489 e. The van der Waals surface area contributed by atoms with Crippen LogP contribution in [-0.2, 0) is 6.61 Å². The molecule has 188 valence electrons. The Morgan fingerprint density at radius 2 is 1.78 bits per heavy atom. The van der Waals surface area contributed by atoms with Gasteiger partial charge in [-0.1, -0.05) is 24.3 Å². The van der Waals surface area contributed by atoms with E-state index < -0.39 is 19.0 Å². The third kappa shape index (κ3) is 6.52. The number of urea groups is 1. The van der Waals surface area contributed by atoms with E-state index in [1.165, 1.54) is 42.5 Å². The van der Waals surface area contributed by atoms with Crippen LogP contribution < -0.4 is 24.8 Å². The fourth-order valence-electron chi connectivity index (χ4n) is 3.21. The lowest BCUT2D eigenvalue weighted by Crippen LogP contribution is -2.20. The molecule has 0 saturated heterocycles. The summed E-state index contributed by atoms with van der Waals surface area (Å²) in [5, 5.41) is 12.1. The average molecular weight is 508 g/mol. The first kappa shape index (κ1) is 24.6. The first-order valence-corrected chi connectivity index (χ1v) is 10.2. The van der Waals surface area contributed by atoms with E-state index in [2.05, 4.69) is 30.3 Å². The zero-order chi connectivity index (χ0) is 25.7. The molecule has 3 aromatic carbocycles. The molecule has 1 heterocycles. The molecule has 0 atom stereocenters. The Morgan fingerprint density at radius 3 is 2.56 bits per heavy atom. The predicted molar refractivity (Wildman–Crippen MR) is 119 cm³/mol. The molecule has 4 aromatic rings. The van der Waals surface area contributed by atoms with Crippen LogP contribution in [0.5, 0.6) is 17.2 Å². The van der Waals surface area contributed by atoms with Gasteiger partial charge in [0.2, 0.25) is 0 Å². The molecule has 1 aromatic heterocycles. The lowest BCUT2D eigenvalue weighted by atomic mass is 10.2. The summed E-state index contributed by atoms with van der Waals surface area (Å²) in [6.07, 6.45) is -4.81. The van der Waals surface area contributed by atoms with Crippen molar-refractivity contribution in [3.63, 3.8) is 0 Å². The summed E-state index contributed by atoms with van der Waals surface area (Å²) in [7, 11) is 0. The third-order valence-corrected chi connectivity index (χ3v) is 4.66. The highest BCUT2D eigenvalue weighted by Gasteiger charge is 2.31. The number of para-hydroxylation sites is 2. The fraction of sp³-hybridized carbons (Fsp3) is 0.130. The highest BCUT2D eigenvalue weighted by Crippen LogP contribution is 2.29. The van der Waals surface area contributed by atoms with Crippen molar-refractivity contribution in [2.24, 2.45) is 0 Å². The Bertz CT molecular complexity index is 1360. The number of benzene rings is 3. The fourth-order valence-corrected chi connectivity index (χ4v) is 3.21. The summed E-state index contributed by atoms with van der Waals surface area (Å²) in [6, 6.07) is 15.1. The van der Waals surface area contributed by atoms with Crippen LogP contribution >= 0.6 is 0 Å². The number of aromatic nitrogens is 2. The van der Waals surface area contributed by atoms with E-state index in [1.807, 2.05) is 0 Å². The second-order valence-corrected chi connectivity index (χ2v) is 7.22. The minimum atomic E-state index is -4.81. The van der Waals surface area contributed by atoms with Gasteiger partial charge in [0.15, 0.2) is 5.82 Å². The van der Waals surface area contributed by atoms with Crippen molar-refractivity contribution >= 4 is 28.4 Å². The van der Waals surface area contributed by atoms with E-state index in [-0.39, 0.29) is 29.6 Å². The van der Waals surface area contributed by atoms with Crippen molar-refractivity contribution < 1.29 is 41.0 Å². The molecule has 0 spiro atoms. The summed E-state index contributed by atoms with van der Waals surface area (Å²) in [5.41, 5.74) is 1.02. The summed E-state index contributed by atoms with van der Waals surface area (Å²) in [5.74, 6) is -0.104. The van der Waals surface area contributed by atoms with E-state index in [0.717, 1.165) is 0 Å². The maximum absolute atomic E-state index is 12.6. The SMILES string of the molecule is O=C(Nc1ccccc1OC(F)F)Nc1n[nH]c2ccc(OCc3cccc(OC(F)(F)F)c3)cc12. The van der Waals surface area contributed by atoms with Gasteiger partial charge >= 0.3 is 19.0 Å². The van der Waals surface area contributed by atoms with Gasteiger partial charge in [-0.25, -0.2) is 4.79 Å². The van der Waals surface area contributed by atoms with E-state index in [4.69, 9.17) is 4.74 Å². The number of carbonyl (C=O) groups is 1. The first-order chi connectivity index (χ1) is 17.2. The minimum Gasteiger partial charge on any atom is -0.489 e. The zero-order valence-electron chi connectivity index (χ0n) is 18.1. The number of rotatable bonds is 8. The number of aromatic amines is 1. The van der Waals surface area contributed by atoms with E-state index >= 15 is 0 Å². The van der Waals surface area contributed by atoms with Crippen LogP contribution in [0.3, 0.4) is 0 Å². The van der Waals surface area contributed by atoms with Gasteiger partial charge in [-0.05, 0) is 48.0 Å².